The highest BCUT2D eigenvalue weighted by molar-refractivity contribution is 6.15. The summed E-state index contributed by atoms with van der Waals surface area (Å²) in [4.78, 5) is 25.4. The second-order valence-corrected chi connectivity index (χ2v) is 7.02. The maximum Gasteiger partial charge on any atom is 0.343 e. The lowest BCUT2D eigenvalue weighted by Gasteiger charge is -2.12. The molecule has 1 heterocycles. The molecule has 0 fully saturated rings. The number of carbonyl (C=O) groups is 2. The van der Waals surface area contributed by atoms with Gasteiger partial charge in [-0.25, -0.2) is 9.18 Å². The minimum absolute atomic E-state index is 0.109. The molecule has 7 heteroatoms. The van der Waals surface area contributed by atoms with Gasteiger partial charge in [-0.1, -0.05) is 12.1 Å². The van der Waals surface area contributed by atoms with E-state index in [9.17, 15) is 14.0 Å². The minimum Gasteiger partial charge on any atom is -0.493 e. The van der Waals surface area contributed by atoms with Crippen LogP contribution in [0.25, 0.3) is 6.08 Å². The molecule has 3 aromatic carbocycles. The fraction of sp³-hybridized carbons (Fsp3) is 0.120. The summed E-state index contributed by atoms with van der Waals surface area (Å²) < 4.78 is 34.8. The van der Waals surface area contributed by atoms with Crippen molar-refractivity contribution in [1.29, 1.82) is 0 Å². The predicted molar refractivity (Wildman–Crippen MR) is 115 cm³/mol. The molecule has 3 aromatic rings. The largest absolute Gasteiger partial charge is 0.493 e. The van der Waals surface area contributed by atoms with Crippen molar-refractivity contribution < 1.29 is 32.9 Å². The van der Waals surface area contributed by atoms with E-state index in [4.69, 9.17) is 18.9 Å². The van der Waals surface area contributed by atoms with Gasteiger partial charge in [-0.2, -0.15) is 0 Å². The molecule has 0 N–H and O–H groups in total. The van der Waals surface area contributed by atoms with Gasteiger partial charge >= 0.3 is 5.97 Å². The number of ketones is 1. The van der Waals surface area contributed by atoms with E-state index >= 15 is 0 Å². The van der Waals surface area contributed by atoms with Crippen molar-refractivity contribution in [2.75, 3.05) is 14.2 Å². The molecule has 0 saturated carbocycles. The van der Waals surface area contributed by atoms with Gasteiger partial charge in [0.1, 0.15) is 17.3 Å². The fourth-order valence-corrected chi connectivity index (χ4v) is 3.31. The molecule has 0 bridgehead atoms. The highest BCUT2D eigenvalue weighted by atomic mass is 19.1. The van der Waals surface area contributed by atoms with Crippen molar-refractivity contribution in [3.05, 3.63) is 88.4 Å². The Balaban J connectivity index is 1.59. The first-order valence-electron chi connectivity index (χ1n) is 9.69. The Morgan fingerprint density at radius 1 is 0.938 bits per heavy atom. The molecular formula is C25H19FO6. The third kappa shape index (κ3) is 3.92. The van der Waals surface area contributed by atoms with Crippen LogP contribution in [0.1, 0.15) is 31.8 Å². The number of allylic oxidation sites excluding steroid dienone is 1. The fourth-order valence-electron chi connectivity index (χ4n) is 3.31. The van der Waals surface area contributed by atoms with E-state index in [0.717, 1.165) is 0 Å². The number of halogens is 1. The monoisotopic (exact) mass is 434 g/mol. The topological polar surface area (TPSA) is 71.1 Å². The second-order valence-electron chi connectivity index (χ2n) is 7.02. The Labute approximate surface area is 183 Å². The van der Waals surface area contributed by atoms with Gasteiger partial charge in [0.05, 0.1) is 25.3 Å². The predicted octanol–water partition coefficient (Wildman–Crippen LogP) is 4.99. The van der Waals surface area contributed by atoms with Crippen molar-refractivity contribution in [2.45, 2.75) is 6.92 Å². The van der Waals surface area contributed by atoms with Crippen molar-refractivity contribution in [3.8, 4) is 23.0 Å². The van der Waals surface area contributed by atoms with Crippen LogP contribution < -0.4 is 18.9 Å². The number of Topliss-reactive ketones (excluding diaryl/α,β-unsaturated/α-hetero) is 1. The summed E-state index contributed by atoms with van der Waals surface area (Å²) in [6, 6.07) is 13.5. The zero-order valence-electron chi connectivity index (χ0n) is 17.6. The van der Waals surface area contributed by atoms with Crippen LogP contribution in [0.3, 0.4) is 0 Å². The van der Waals surface area contributed by atoms with Crippen LogP contribution in [0, 0.1) is 12.7 Å². The van der Waals surface area contributed by atoms with E-state index in [2.05, 4.69) is 0 Å². The Hall–Kier alpha value is -4.13. The summed E-state index contributed by atoms with van der Waals surface area (Å²) in [6.07, 6.45) is 1.54. The molecular weight excluding hydrogens is 415 g/mol. The van der Waals surface area contributed by atoms with Gasteiger partial charge < -0.3 is 18.9 Å². The number of hydrogen-bond donors (Lipinski definition) is 0. The highest BCUT2D eigenvalue weighted by Gasteiger charge is 2.30. The first-order valence-corrected chi connectivity index (χ1v) is 9.69. The number of rotatable bonds is 5. The number of hydrogen-bond acceptors (Lipinski definition) is 6. The molecule has 0 spiro atoms. The quantitative estimate of drug-likeness (QED) is 0.320. The molecule has 1 aliphatic heterocycles. The molecule has 0 amide bonds. The number of esters is 1. The van der Waals surface area contributed by atoms with Crippen LogP contribution in [0.15, 0.2) is 60.4 Å². The van der Waals surface area contributed by atoms with E-state index in [1.54, 1.807) is 43.3 Å². The summed E-state index contributed by atoms with van der Waals surface area (Å²) in [5, 5.41) is 0. The van der Waals surface area contributed by atoms with Crippen LogP contribution in [-0.4, -0.2) is 26.0 Å². The first-order chi connectivity index (χ1) is 15.4. The van der Waals surface area contributed by atoms with Gasteiger partial charge in [-0.15, -0.1) is 0 Å². The highest BCUT2D eigenvalue weighted by Crippen LogP contribution is 2.39. The summed E-state index contributed by atoms with van der Waals surface area (Å²) >= 11 is 0. The van der Waals surface area contributed by atoms with Crippen LogP contribution in [-0.2, 0) is 0 Å². The number of ether oxygens (including phenoxy) is 4. The number of benzene rings is 3. The van der Waals surface area contributed by atoms with E-state index in [1.165, 1.54) is 38.5 Å². The second kappa shape index (κ2) is 8.55. The molecule has 0 atom stereocenters. The maximum atomic E-state index is 13.1. The molecule has 162 valence electrons. The summed E-state index contributed by atoms with van der Waals surface area (Å²) in [7, 11) is 2.98. The van der Waals surface area contributed by atoms with Crippen molar-refractivity contribution in [1.82, 2.24) is 0 Å². The van der Waals surface area contributed by atoms with Gasteiger partial charge in [0.25, 0.3) is 0 Å². The Bertz CT molecular complexity index is 1240. The van der Waals surface area contributed by atoms with Crippen molar-refractivity contribution in [3.63, 3.8) is 0 Å². The van der Waals surface area contributed by atoms with E-state index < -0.39 is 5.97 Å². The average Bonchev–Trinajstić information content (AvgIpc) is 3.12. The van der Waals surface area contributed by atoms with Crippen LogP contribution in [0.5, 0.6) is 23.0 Å². The zero-order chi connectivity index (χ0) is 22.8. The standard InChI is InChI=1S/C25H19FO6/c1-14-19(32-25(28)16-6-10-20(29-2)21(13-16)30-3)11-9-18-23(27)22(31-24(14)18)12-15-4-7-17(26)8-5-15/h4-13H,1-3H3/b22-12-. The van der Waals surface area contributed by atoms with Crippen LogP contribution in [0.2, 0.25) is 0 Å². The SMILES string of the molecule is COc1ccc(C(=O)Oc2ccc3c(c2C)O/C(=C\c2ccc(F)cc2)C3=O)cc1OC. The lowest BCUT2D eigenvalue weighted by atomic mass is 10.1. The lowest BCUT2D eigenvalue weighted by Crippen LogP contribution is -2.10. The summed E-state index contributed by atoms with van der Waals surface area (Å²) in [5.74, 6) is 0.317. The van der Waals surface area contributed by atoms with E-state index in [-0.39, 0.29) is 28.7 Å². The Morgan fingerprint density at radius 2 is 1.62 bits per heavy atom. The zero-order valence-corrected chi connectivity index (χ0v) is 17.6. The molecule has 0 radical (unpaired) electrons. The molecule has 4 rings (SSSR count). The first kappa shape index (κ1) is 21.1. The molecule has 32 heavy (non-hydrogen) atoms. The van der Waals surface area contributed by atoms with E-state index in [1.807, 2.05) is 0 Å². The lowest BCUT2D eigenvalue weighted by molar-refractivity contribution is 0.0732. The molecule has 6 nitrogen and oxygen atoms in total. The molecule has 0 aliphatic carbocycles. The van der Waals surface area contributed by atoms with Gasteiger partial charge in [-0.3, -0.25) is 4.79 Å². The summed E-state index contributed by atoms with van der Waals surface area (Å²) in [6.45, 7) is 1.70. The molecule has 0 unspecified atom stereocenters. The normalized spacial score (nSPS) is 13.5. The molecule has 0 saturated heterocycles. The Morgan fingerprint density at radius 3 is 2.31 bits per heavy atom. The third-order valence-corrected chi connectivity index (χ3v) is 5.03. The Kier molecular flexibility index (Phi) is 5.64. The van der Waals surface area contributed by atoms with Crippen molar-refractivity contribution >= 4 is 17.8 Å². The van der Waals surface area contributed by atoms with Gasteiger partial charge in [0.2, 0.25) is 5.78 Å². The van der Waals surface area contributed by atoms with E-state index in [0.29, 0.717) is 33.9 Å². The average molecular weight is 434 g/mol. The van der Waals surface area contributed by atoms with Crippen LogP contribution in [0.4, 0.5) is 4.39 Å². The molecule has 1 aliphatic rings. The molecule has 0 aromatic heterocycles. The van der Waals surface area contributed by atoms with Crippen molar-refractivity contribution in [2.24, 2.45) is 0 Å². The number of carbonyl (C=O) groups excluding carboxylic acids is 2. The van der Waals surface area contributed by atoms with Gasteiger partial charge in [0.15, 0.2) is 17.3 Å². The number of fused-ring (bicyclic) bond motifs is 1. The third-order valence-electron chi connectivity index (χ3n) is 5.03. The maximum absolute atomic E-state index is 13.1. The van der Waals surface area contributed by atoms with Crippen LogP contribution >= 0.6 is 0 Å². The smallest absolute Gasteiger partial charge is 0.343 e. The number of methoxy groups -OCH3 is 2. The minimum atomic E-state index is -0.597. The van der Waals surface area contributed by atoms with Gasteiger partial charge in [-0.05, 0) is 61.0 Å². The summed E-state index contributed by atoms with van der Waals surface area (Å²) in [5.41, 5.74) is 1.77. The van der Waals surface area contributed by atoms with Gasteiger partial charge in [0, 0.05) is 5.56 Å².